The molecule has 3 aromatic rings. The highest BCUT2D eigenvalue weighted by Crippen LogP contribution is 2.24. The number of hydrogen-bond donors (Lipinski definition) is 1. The number of ether oxygens (including phenoxy) is 1. The van der Waals surface area contributed by atoms with Gasteiger partial charge in [0, 0.05) is 18.5 Å². The molecule has 0 bridgehead atoms. The lowest BCUT2D eigenvalue weighted by Crippen LogP contribution is -2.25. The summed E-state index contributed by atoms with van der Waals surface area (Å²) in [5.41, 5.74) is 2.19. The topological polar surface area (TPSA) is 69.0 Å². The summed E-state index contributed by atoms with van der Waals surface area (Å²) in [7, 11) is 1.51. The van der Waals surface area contributed by atoms with Gasteiger partial charge >= 0.3 is 0 Å². The van der Waals surface area contributed by atoms with E-state index in [1.54, 1.807) is 29.2 Å². The lowest BCUT2D eigenvalue weighted by Gasteiger charge is -2.07. The van der Waals surface area contributed by atoms with Crippen LogP contribution in [0.25, 0.3) is 5.69 Å². The summed E-state index contributed by atoms with van der Waals surface area (Å²) in [6.07, 6.45) is 2.29. The summed E-state index contributed by atoms with van der Waals surface area (Å²) >= 11 is 5.96. The molecule has 7 heteroatoms. The van der Waals surface area contributed by atoms with Crippen LogP contribution in [0.1, 0.15) is 16.1 Å². The van der Waals surface area contributed by atoms with E-state index >= 15 is 0 Å². The monoisotopic (exact) mass is 356 g/mol. The van der Waals surface area contributed by atoms with Crippen molar-refractivity contribution in [3.8, 4) is 11.4 Å². The zero-order chi connectivity index (χ0) is 17.6. The summed E-state index contributed by atoms with van der Waals surface area (Å²) in [6.45, 7) is 0.456. The van der Waals surface area contributed by atoms with E-state index in [4.69, 9.17) is 16.3 Å². The van der Waals surface area contributed by atoms with Gasteiger partial charge in [0.25, 0.3) is 5.91 Å². The molecule has 0 saturated heterocycles. The Bertz CT molecular complexity index is 865. The van der Waals surface area contributed by atoms with Crippen molar-refractivity contribution in [2.45, 2.75) is 6.42 Å². The molecule has 1 aromatic heterocycles. The first kappa shape index (κ1) is 17.0. The number of nitrogens with one attached hydrogen (secondary N) is 1. The highest BCUT2D eigenvalue weighted by atomic mass is 35.5. The van der Waals surface area contributed by atoms with Gasteiger partial charge in [-0.2, -0.15) is 15.0 Å². The van der Waals surface area contributed by atoms with Crippen molar-refractivity contribution in [2.24, 2.45) is 0 Å². The molecule has 0 fully saturated rings. The molecule has 2 aromatic carbocycles. The van der Waals surface area contributed by atoms with E-state index in [1.165, 1.54) is 7.11 Å². The van der Waals surface area contributed by atoms with E-state index in [-0.39, 0.29) is 5.91 Å². The summed E-state index contributed by atoms with van der Waals surface area (Å²) in [6, 6.07) is 14.6. The Kier molecular flexibility index (Phi) is 5.30. The number of amides is 1. The predicted octanol–water partition coefficient (Wildman–Crippen LogP) is 2.90. The minimum Gasteiger partial charge on any atom is -0.495 e. The number of methoxy groups -OCH3 is 1. The third-order valence-corrected chi connectivity index (χ3v) is 3.92. The van der Waals surface area contributed by atoms with Crippen LogP contribution in [0.15, 0.2) is 54.7 Å². The second-order valence-corrected chi connectivity index (χ2v) is 5.72. The molecule has 0 spiro atoms. The van der Waals surface area contributed by atoms with Gasteiger partial charge in [-0.25, -0.2) is 0 Å². The molecule has 0 saturated carbocycles. The maximum absolute atomic E-state index is 12.2. The van der Waals surface area contributed by atoms with Gasteiger partial charge in [-0.15, -0.1) is 0 Å². The van der Waals surface area contributed by atoms with Crippen LogP contribution in [0.3, 0.4) is 0 Å². The summed E-state index contributed by atoms with van der Waals surface area (Å²) in [4.78, 5) is 13.8. The van der Waals surface area contributed by atoms with Gasteiger partial charge in [-0.3, -0.25) is 4.79 Å². The number of nitrogens with zero attached hydrogens (tertiary/aromatic N) is 3. The molecule has 1 amide bonds. The van der Waals surface area contributed by atoms with Crippen molar-refractivity contribution in [2.75, 3.05) is 13.7 Å². The van der Waals surface area contributed by atoms with Gasteiger partial charge < -0.3 is 10.1 Å². The normalized spacial score (nSPS) is 10.5. The second kappa shape index (κ2) is 7.81. The fourth-order valence-electron chi connectivity index (χ4n) is 2.30. The fourth-order valence-corrected chi connectivity index (χ4v) is 2.50. The van der Waals surface area contributed by atoms with Gasteiger partial charge in [0.15, 0.2) is 0 Å². The van der Waals surface area contributed by atoms with Crippen LogP contribution in [0.5, 0.6) is 5.75 Å². The third-order valence-electron chi connectivity index (χ3n) is 3.61. The number of rotatable bonds is 6. The van der Waals surface area contributed by atoms with Crippen LogP contribution in [-0.2, 0) is 6.42 Å². The predicted molar refractivity (Wildman–Crippen MR) is 95.4 cm³/mol. The fraction of sp³-hybridized carbons (Fsp3) is 0.167. The Morgan fingerprint density at radius 2 is 2.04 bits per heavy atom. The van der Waals surface area contributed by atoms with Crippen molar-refractivity contribution in [1.29, 1.82) is 0 Å². The maximum atomic E-state index is 12.2. The number of carbonyl (C=O) groups excluding carboxylic acids is 1. The molecule has 3 rings (SSSR count). The lowest BCUT2D eigenvalue weighted by molar-refractivity contribution is 0.0953. The van der Waals surface area contributed by atoms with Gasteiger partial charge in [0.2, 0.25) is 0 Å². The second-order valence-electron chi connectivity index (χ2n) is 5.32. The largest absolute Gasteiger partial charge is 0.495 e. The highest BCUT2D eigenvalue weighted by molar-refractivity contribution is 6.32. The summed E-state index contributed by atoms with van der Waals surface area (Å²) < 4.78 is 5.12. The SMILES string of the molecule is COc1cc(C(=O)NCCc2cnn(-c3ccccc3)n2)ccc1Cl. The standard InChI is InChI=1S/C18H17ClN4O2/c1-25-17-11-13(7-8-16(17)19)18(24)20-10-9-14-12-21-23(22-14)15-5-3-2-4-6-15/h2-8,11-12H,9-10H2,1H3,(H,20,24). The molecule has 1 heterocycles. The van der Waals surface area contributed by atoms with E-state index in [9.17, 15) is 4.79 Å². The molecule has 0 unspecified atom stereocenters. The molecular formula is C18H17ClN4O2. The van der Waals surface area contributed by atoms with E-state index in [0.717, 1.165) is 11.4 Å². The molecule has 128 valence electrons. The molecule has 0 radical (unpaired) electrons. The maximum Gasteiger partial charge on any atom is 0.251 e. The zero-order valence-electron chi connectivity index (χ0n) is 13.6. The van der Waals surface area contributed by atoms with E-state index in [0.29, 0.717) is 29.3 Å². The van der Waals surface area contributed by atoms with Crippen molar-refractivity contribution >= 4 is 17.5 Å². The Labute approximate surface area is 150 Å². The summed E-state index contributed by atoms with van der Waals surface area (Å²) in [5.74, 6) is 0.283. The van der Waals surface area contributed by atoms with Gasteiger partial charge in [0.05, 0.1) is 29.7 Å². The first-order chi connectivity index (χ1) is 12.2. The Balaban J connectivity index is 1.56. The van der Waals surface area contributed by atoms with Crippen LogP contribution in [0, 0.1) is 0 Å². The Morgan fingerprint density at radius 3 is 2.80 bits per heavy atom. The molecule has 1 N–H and O–H groups in total. The number of halogens is 1. The first-order valence-electron chi connectivity index (χ1n) is 7.76. The van der Waals surface area contributed by atoms with Gasteiger partial charge in [-0.1, -0.05) is 29.8 Å². The van der Waals surface area contributed by atoms with Crippen LogP contribution in [0.4, 0.5) is 0 Å². The number of carbonyl (C=O) groups is 1. The van der Waals surface area contributed by atoms with Crippen LogP contribution in [-0.4, -0.2) is 34.6 Å². The molecule has 0 aliphatic carbocycles. The molecule has 25 heavy (non-hydrogen) atoms. The van der Waals surface area contributed by atoms with Crippen LogP contribution >= 0.6 is 11.6 Å². The summed E-state index contributed by atoms with van der Waals surface area (Å²) in [5, 5.41) is 12.0. The quantitative estimate of drug-likeness (QED) is 0.737. The molecule has 0 atom stereocenters. The third kappa shape index (κ3) is 4.16. The lowest BCUT2D eigenvalue weighted by atomic mass is 10.2. The van der Waals surface area contributed by atoms with Gasteiger partial charge in [0.1, 0.15) is 5.75 Å². The molecule has 6 nitrogen and oxygen atoms in total. The smallest absolute Gasteiger partial charge is 0.251 e. The zero-order valence-corrected chi connectivity index (χ0v) is 14.4. The molecular weight excluding hydrogens is 340 g/mol. The van der Waals surface area contributed by atoms with Crippen molar-refractivity contribution in [3.05, 3.63) is 71.0 Å². The average Bonchev–Trinajstić information content (AvgIpc) is 3.11. The van der Waals surface area contributed by atoms with Crippen LogP contribution < -0.4 is 10.1 Å². The highest BCUT2D eigenvalue weighted by Gasteiger charge is 2.09. The van der Waals surface area contributed by atoms with Crippen LogP contribution in [0.2, 0.25) is 5.02 Å². The number of hydrogen-bond acceptors (Lipinski definition) is 4. The minimum absolute atomic E-state index is 0.189. The Morgan fingerprint density at radius 1 is 1.24 bits per heavy atom. The van der Waals surface area contributed by atoms with Gasteiger partial charge in [-0.05, 0) is 30.3 Å². The average molecular weight is 357 g/mol. The number of para-hydroxylation sites is 1. The van der Waals surface area contributed by atoms with Crippen molar-refractivity contribution in [3.63, 3.8) is 0 Å². The molecule has 0 aliphatic rings. The van der Waals surface area contributed by atoms with E-state index in [1.807, 2.05) is 30.3 Å². The Hall–Kier alpha value is -2.86. The minimum atomic E-state index is -0.189. The van der Waals surface area contributed by atoms with E-state index < -0.39 is 0 Å². The first-order valence-corrected chi connectivity index (χ1v) is 8.13. The van der Waals surface area contributed by atoms with Crippen molar-refractivity contribution in [1.82, 2.24) is 20.3 Å². The number of benzene rings is 2. The molecule has 0 aliphatic heterocycles. The van der Waals surface area contributed by atoms with E-state index in [2.05, 4.69) is 15.5 Å². The van der Waals surface area contributed by atoms with Crippen molar-refractivity contribution < 1.29 is 9.53 Å². The number of aromatic nitrogens is 3.